The molecule has 92 valence electrons. The molecule has 0 aliphatic heterocycles. The van der Waals surface area contributed by atoms with E-state index in [1.54, 1.807) is 6.07 Å². The Bertz CT molecular complexity index is 580. The molecule has 1 unspecified atom stereocenters. The van der Waals surface area contributed by atoms with Gasteiger partial charge in [-0.05, 0) is 35.7 Å². The Labute approximate surface area is 106 Å². The molecule has 0 saturated carbocycles. The van der Waals surface area contributed by atoms with Crippen molar-refractivity contribution < 1.29 is 4.39 Å². The Morgan fingerprint density at radius 3 is 2.83 bits per heavy atom. The first kappa shape index (κ1) is 11.1. The van der Waals surface area contributed by atoms with Crippen LogP contribution in [0, 0.1) is 5.82 Å². The summed E-state index contributed by atoms with van der Waals surface area (Å²) in [4.78, 5) is 0. The molecule has 0 saturated heterocycles. The molecule has 0 amide bonds. The molecule has 2 aromatic rings. The molecule has 0 radical (unpaired) electrons. The van der Waals surface area contributed by atoms with Gasteiger partial charge in [0, 0.05) is 12.5 Å². The monoisotopic (exact) mass is 242 g/mol. The number of benzene rings is 2. The van der Waals surface area contributed by atoms with Crippen LogP contribution < -0.4 is 11.1 Å². The normalized spacial score (nSPS) is 16.8. The van der Waals surface area contributed by atoms with Crippen LogP contribution in [0.2, 0.25) is 0 Å². The summed E-state index contributed by atoms with van der Waals surface area (Å²) in [6.45, 7) is 0.840. The largest absolute Gasteiger partial charge is 0.397 e. The van der Waals surface area contributed by atoms with Crippen molar-refractivity contribution in [3.8, 4) is 0 Å². The van der Waals surface area contributed by atoms with Gasteiger partial charge in [0.15, 0.2) is 0 Å². The number of nitrogens with one attached hydrogen (secondary N) is 1. The van der Waals surface area contributed by atoms with Crippen LogP contribution in [0.5, 0.6) is 0 Å². The third-order valence-corrected chi connectivity index (χ3v) is 3.51. The highest BCUT2D eigenvalue weighted by Gasteiger charge is 2.24. The lowest BCUT2D eigenvalue weighted by atomic mass is 9.77. The summed E-state index contributed by atoms with van der Waals surface area (Å²) in [6.07, 6.45) is 1.10. The lowest BCUT2D eigenvalue weighted by Crippen LogP contribution is -2.24. The highest BCUT2D eigenvalue weighted by molar-refractivity contribution is 5.66. The van der Waals surface area contributed by atoms with Gasteiger partial charge in [-0.1, -0.05) is 24.3 Å². The molecular formula is C15H15FN2. The van der Waals surface area contributed by atoms with E-state index in [1.807, 2.05) is 0 Å². The molecule has 0 fully saturated rings. The zero-order valence-corrected chi connectivity index (χ0v) is 9.99. The van der Waals surface area contributed by atoms with Crippen molar-refractivity contribution in [3.63, 3.8) is 0 Å². The van der Waals surface area contributed by atoms with Crippen LogP contribution in [0.25, 0.3) is 0 Å². The van der Waals surface area contributed by atoms with E-state index in [0.29, 0.717) is 11.6 Å². The Morgan fingerprint density at radius 2 is 2.06 bits per heavy atom. The van der Waals surface area contributed by atoms with Crippen molar-refractivity contribution >= 4 is 11.4 Å². The maximum Gasteiger partial charge on any atom is 0.125 e. The molecular weight excluding hydrogens is 227 g/mol. The summed E-state index contributed by atoms with van der Waals surface area (Å²) >= 11 is 0. The van der Waals surface area contributed by atoms with E-state index < -0.39 is 0 Å². The number of nitrogen functional groups attached to an aromatic ring is 1. The van der Waals surface area contributed by atoms with Gasteiger partial charge in [-0.3, -0.25) is 0 Å². The average molecular weight is 242 g/mol. The third kappa shape index (κ3) is 1.92. The maximum atomic E-state index is 12.9. The van der Waals surface area contributed by atoms with E-state index in [2.05, 4.69) is 29.6 Å². The van der Waals surface area contributed by atoms with Gasteiger partial charge in [-0.2, -0.15) is 0 Å². The van der Waals surface area contributed by atoms with Crippen molar-refractivity contribution in [2.24, 2.45) is 0 Å². The predicted molar refractivity (Wildman–Crippen MR) is 72.2 cm³/mol. The minimum Gasteiger partial charge on any atom is -0.397 e. The SMILES string of the molecule is Nc1cc(F)ccc1NCC1Cc2ccccc21. The molecule has 0 aromatic heterocycles. The number of fused-ring (bicyclic) bond motifs is 1. The highest BCUT2D eigenvalue weighted by Crippen LogP contribution is 2.35. The Morgan fingerprint density at radius 1 is 1.22 bits per heavy atom. The van der Waals surface area contributed by atoms with E-state index in [1.165, 1.54) is 23.3 Å². The molecule has 0 heterocycles. The quantitative estimate of drug-likeness (QED) is 0.811. The number of halogens is 1. The van der Waals surface area contributed by atoms with Crippen molar-refractivity contribution in [3.05, 3.63) is 59.4 Å². The first-order chi connectivity index (χ1) is 8.74. The van der Waals surface area contributed by atoms with Gasteiger partial charge in [0.2, 0.25) is 0 Å². The zero-order valence-electron chi connectivity index (χ0n) is 9.99. The van der Waals surface area contributed by atoms with Gasteiger partial charge in [0.05, 0.1) is 11.4 Å². The molecule has 1 atom stereocenters. The van der Waals surface area contributed by atoms with Gasteiger partial charge in [0.25, 0.3) is 0 Å². The summed E-state index contributed by atoms with van der Waals surface area (Å²) in [5.74, 6) is 0.234. The summed E-state index contributed by atoms with van der Waals surface area (Å²) in [5, 5.41) is 3.29. The highest BCUT2D eigenvalue weighted by atomic mass is 19.1. The summed E-state index contributed by atoms with van der Waals surface area (Å²) in [6, 6.07) is 12.9. The van der Waals surface area contributed by atoms with Crippen LogP contribution in [-0.4, -0.2) is 6.54 Å². The van der Waals surface area contributed by atoms with E-state index in [4.69, 9.17) is 5.73 Å². The molecule has 3 N–H and O–H groups in total. The Hall–Kier alpha value is -2.03. The summed E-state index contributed by atoms with van der Waals surface area (Å²) in [7, 11) is 0. The topological polar surface area (TPSA) is 38.0 Å². The molecule has 2 nitrogen and oxygen atoms in total. The number of nitrogens with two attached hydrogens (primary N) is 1. The first-order valence-corrected chi connectivity index (χ1v) is 6.11. The summed E-state index contributed by atoms with van der Waals surface area (Å²) < 4.78 is 12.9. The van der Waals surface area contributed by atoms with Gasteiger partial charge in [-0.15, -0.1) is 0 Å². The molecule has 0 spiro atoms. The molecule has 3 heteroatoms. The fourth-order valence-electron chi connectivity index (χ4n) is 2.47. The van der Waals surface area contributed by atoms with Crippen molar-refractivity contribution in [2.45, 2.75) is 12.3 Å². The molecule has 0 bridgehead atoms. The fourth-order valence-corrected chi connectivity index (χ4v) is 2.47. The van der Waals surface area contributed by atoms with Crippen molar-refractivity contribution in [1.29, 1.82) is 0 Å². The number of hydrogen-bond acceptors (Lipinski definition) is 2. The molecule has 1 aliphatic carbocycles. The lowest BCUT2D eigenvalue weighted by Gasteiger charge is -2.30. The van der Waals surface area contributed by atoms with Crippen LogP contribution >= 0.6 is 0 Å². The predicted octanol–water partition coefficient (Wildman–Crippen LogP) is 3.16. The molecule has 3 rings (SSSR count). The minimum atomic E-state index is -0.299. The zero-order chi connectivity index (χ0) is 12.5. The minimum absolute atomic E-state index is 0.299. The maximum absolute atomic E-state index is 12.9. The number of rotatable bonds is 3. The van der Waals surface area contributed by atoms with Gasteiger partial charge in [-0.25, -0.2) is 4.39 Å². The Balaban J connectivity index is 1.66. The van der Waals surface area contributed by atoms with Gasteiger partial charge in [0.1, 0.15) is 5.82 Å². The smallest absolute Gasteiger partial charge is 0.125 e. The van der Waals surface area contributed by atoms with Crippen molar-refractivity contribution in [1.82, 2.24) is 0 Å². The number of anilines is 2. The van der Waals surface area contributed by atoms with Crippen LogP contribution in [0.4, 0.5) is 15.8 Å². The van der Waals surface area contributed by atoms with Crippen LogP contribution in [-0.2, 0) is 6.42 Å². The number of hydrogen-bond donors (Lipinski definition) is 2. The third-order valence-electron chi connectivity index (χ3n) is 3.51. The van der Waals surface area contributed by atoms with E-state index >= 15 is 0 Å². The van der Waals surface area contributed by atoms with E-state index in [0.717, 1.165) is 18.7 Å². The second kappa shape index (κ2) is 4.33. The van der Waals surface area contributed by atoms with Crippen LogP contribution in [0.3, 0.4) is 0 Å². The fraction of sp³-hybridized carbons (Fsp3) is 0.200. The molecule has 18 heavy (non-hydrogen) atoms. The summed E-state index contributed by atoms with van der Waals surface area (Å²) in [5.41, 5.74) is 9.86. The van der Waals surface area contributed by atoms with Crippen LogP contribution in [0.1, 0.15) is 17.0 Å². The second-order valence-corrected chi connectivity index (χ2v) is 4.71. The van der Waals surface area contributed by atoms with E-state index in [-0.39, 0.29) is 5.82 Å². The molecule has 1 aliphatic rings. The average Bonchev–Trinajstić information content (AvgIpc) is 2.33. The standard InChI is InChI=1S/C15H15FN2/c16-12-5-6-15(14(17)8-12)18-9-11-7-10-3-1-2-4-13(10)11/h1-6,8,11,18H,7,9,17H2. The lowest BCUT2D eigenvalue weighted by molar-refractivity contribution is 0.627. The van der Waals surface area contributed by atoms with E-state index in [9.17, 15) is 4.39 Å². The first-order valence-electron chi connectivity index (χ1n) is 6.11. The Kier molecular flexibility index (Phi) is 2.67. The van der Waals surface area contributed by atoms with Gasteiger partial charge < -0.3 is 11.1 Å². The van der Waals surface area contributed by atoms with Crippen LogP contribution in [0.15, 0.2) is 42.5 Å². The molecule has 2 aromatic carbocycles. The second-order valence-electron chi connectivity index (χ2n) is 4.71. The van der Waals surface area contributed by atoms with Crippen molar-refractivity contribution in [2.75, 3.05) is 17.6 Å². The van der Waals surface area contributed by atoms with Gasteiger partial charge >= 0.3 is 0 Å².